The molecule has 0 saturated heterocycles. The van der Waals surface area contributed by atoms with Gasteiger partial charge in [0.05, 0.1) is 6.10 Å². The van der Waals surface area contributed by atoms with Crippen LogP contribution in [0.2, 0.25) is 0 Å². The highest BCUT2D eigenvalue weighted by Gasteiger charge is 1.98. The van der Waals surface area contributed by atoms with Crippen molar-refractivity contribution in [3.05, 3.63) is 0 Å². The van der Waals surface area contributed by atoms with Crippen molar-refractivity contribution in [2.75, 3.05) is 13.1 Å². The van der Waals surface area contributed by atoms with Crippen molar-refractivity contribution in [3.63, 3.8) is 0 Å². The number of nitrogens with one attached hydrogen (secondary N) is 1. The normalized spacial score (nSPS) is 13.0. The molecule has 0 rings (SSSR count). The molecule has 1 atom stereocenters. The Hall–Kier alpha value is -0.0800. The van der Waals surface area contributed by atoms with E-state index in [1.165, 1.54) is 38.5 Å². The number of aliphatic hydroxyl groups is 1. The van der Waals surface area contributed by atoms with E-state index >= 15 is 0 Å². The molecule has 92 valence electrons. The number of aliphatic hydroxyl groups excluding tert-OH is 1. The third kappa shape index (κ3) is 11.8. The van der Waals surface area contributed by atoms with Crippen LogP contribution in [0.4, 0.5) is 0 Å². The second-order valence-electron chi connectivity index (χ2n) is 4.37. The zero-order valence-electron chi connectivity index (χ0n) is 10.6. The maximum absolute atomic E-state index is 9.32. The number of rotatable bonds is 11. The Morgan fingerprint density at radius 3 is 2.27 bits per heavy atom. The molecule has 0 heterocycles. The summed E-state index contributed by atoms with van der Waals surface area (Å²) in [4.78, 5) is 0. The Balaban J connectivity index is 2.92. The van der Waals surface area contributed by atoms with E-state index < -0.39 is 0 Å². The van der Waals surface area contributed by atoms with Crippen LogP contribution in [0.3, 0.4) is 0 Å². The van der Waals surface area contributed by atoms with E-state index in [0.29, 0.717) is 0 Å². The average molecular weight is 215 g/mol. The largest absolute Gasteiger partial charge is 0.393 e. The van der Waals surface area contributed by atoms with Crippen LogP contribution < -0.4 is 5.32 Å². The first kappa shape index (κ1) is 14.9. The lowest BCUT2D eigenvalue weighted by Gasteiger charge is -2.08. The van der Waals surface area contributed by atoms with Gasteiger partial charge in [0.15, 0.2) is 0 Å². The highest BCUT2D eigenvalue weighted by atomic mass is 16.3. The summed E-state index contributed by atoms with van der Waals surface area (Å²) in [6, 6.07) is 0. The molecule has 0 aromatic heterocycles. The number of unbranched alkanes of at least 4 members (excludes halogenated alkanes) is 5. The summed E-state index contributed by atoms with van der Waals surface area (Å²) >= 11 is 0. The Morgan fingerprint density at radius 1 is 0.933 bits per heavy atom. The van der Waals surface area contributed by atoms with E-state index in [0.717, 1.165) is 25.9 Å². The standard InChI is InChI=1S/C13H29NO/c1-3-5-6-7-8-9-11-14-12-10-13(15)4-2/h13-15H,3-12H2,1-2H3. The highest BCUT2D eigenvalue weighted by Crippen LogP contribution is 2.04. The lowest BCUT2D eigenvalue weighted by molar-refractivity contribution is 0.160. The minimum atomic E-state index is -0.109. The third-order valence-electron chi connectivity index (χ3n) is 2.83. The molecule has 0 bridgehead atoms. The van der Waals surface area contributed by atoms with Gasteiger partial charge in [-0.2, -0.15) is 0 Å². The molecule has 0 fully saturated rings. The maximum atomic E-state index is 9.32. The molecule has 0 amide bonds. The van der Waals surface area contributed by atoms with Crippen molar-refractivity contribution in [2.24, 2.45) is 0 Å². The first-order valence-electron chi connectivity index (χ1n) is 6.70. The molecule has 2 nitrogen and oxygen atoms in total. The zero-order chi connectivity index (χ0) is 11.4. The topological polar surface area (TPSA) is 32.3 Å². The summed E-state index contributed by atoms with van der Waals surface area (Å²) in [5, 5.41) is 12.7. The summed E-state index contributed by atoms with van der Waals surface area (Å²) in [6.45, 7) is 6.35. The van der Waals surface area contributed by atoms with Gasteiger partial charge >= 0.3 is 0 Å². The Bertz CT molecular complexity index is 117. The molecular formula is C13H29NO. The van der Waals surface area contributed by atoms with Crippen LogP contribution in [0.5, 0.6) is 0 Å². The Labute approximate surface area is 95.5 Å². The summed E-state index contributed by atoms with van der Waals surface area (Å²) < 4.78 is 0. The average Bonchev–Trinajstić information content (AvgIpc) is 2.26. The number of hydrogen-bond donors (Lipinski definition) is 2. The molecular weight excluding hydrogens is 186 g/mol. The third-order valence-corrected chi connectivity index (χ3v) is 2.83. The summed E-state index contributed by atoms with van der Waals surface area (Å²) in [6.07, 6.45) is 9.78. The smallest absolute Gasteiger partial charge is 0.0549 e. The lowest BCUT2D eigenvalue weighted by atomic mass is 10.1. The molecule has 0 saturated carbocycles. The van der Waals surface area contributed by atoms with Crippen LogP contribution >= 0.6 is 0 Å². The quantitative estimate of drug-likeness (QED) is 0.519. The second kappa shape index (κ2) is 12.0. The van der Waals surface area contributed by atoms with E-state index in [-0.39, 0.29) is 6.10 Å². The molecule has 0 aliphatic carbocycles. The van der Waals surface area contributed by atoms with Crippen LogP contribution in [0.25, 0.3) is 0 Å². The molecule has 0 aliphatic rings. The van der Waals surface area contributed by atoms with Crippen LogP contribution in [-0.4, -0.2) is 24.3 Å². The van der Waals surface area contributed by atoms with E-state index in [2.05, 4.69) is 12.2 Å². The molecule has 1 unspecified atom stereocenters. The monoisotopic (exact) mass is 215 g/mol. The van der Waals surface area contributed by atoms with Crippen molar-refractivity contribution in [1.29, 1.82) is 0 Å². The maximum Gasteiger partial charge on any atom is 0.0549 e. The fraction of sp³-hybridized carbons (Fsp3) is 1.00. The molecule has 2 N–H and O–H groups in total. The molecule has 0 aliphatic heterocycles. The van der Waals surface area contributed by atoms with Gasteiger partial charge in [-0.05, 0) is 32.4 Å². The van der Waals surface area contributed by atoms with E-state index in [9.17, 15) is 5.11 Å². The van der Waals surface area contributed by atoms with Crippen LogP contribution in [0, 0.1) is 0 Å². The lowest BCUT2D eigenvalue weighted by Crippen LogP contribution is -2.21. The first-order chi connectivity index (χ1) is 7.31. The molecule has 15 heavy (non-hydrogen) atoms. The van der Waals surface area contributed by atoms with Crippen LogP contribution in [0.15, 0.2) is 0 Å². The fourth-order valence-corrected chi connectivity index (χ4v) is 1.63. The van der Waals surface area contributed by atoms with Gasteiger partial charge in [-0.1, -0.05) is 46.0 Å². The zero-order valence-corrected chi connectivity index (χ0v) is 10.6. The van der Waals surface area contributed by atoms with Crippen molar-refractivity contribution >= 4 is 0 Å². The Kier molecular flexibility index (Phi) is 11.9. The minimum absolute atomic E-state index is 0.109. The molecule has 0 aromatic rings. The van der Waals surface area contributed by atoms with Gasteiger partial charge in [0.1, 0.15) is 0 Å². The van der Waals surface area contributed by atoms with Crippen LogP contribution in [0.1, 0.15) is 65.2 Å². The summed E-state index contributed by atoms with van der Waals surface area (Å²) in [5.41, 5.74) is 0. The van der Waals surface area contributed by atoms with Crippen molar-refractivity contribution < 1.29 is 5.11 Å². The minimum Gasteiger partial charge on any atom is -0.393 e. The van der Waals surface area contributed by atoms with Crippen molar-refractivity contribution in [1.82, 2.24) is 5.32 Å². The van der Waals surface area contributed by atoms with Crippen LogP contribution in [-0.2, 0) is 0 Å². The van der Waals surface area contributed by atoms with Crippen molar-refractivity contribution in [2.45, 2.75) is 71.3 Å². The predicted molar refractivity (Wildman–Crippen MR) is 67.2 cm³/mol. The van der Waals surface area contributed by atoms with Gasteiger partial charge in [-0.3, -0.25) is 0 Å². The first-order valence-corrected chi connectivity index (χ1v) is 6.70. The molecule has 0 spiro atoms. The van der Waals surface area contributed by atoms with Gasteiger partial charge < -0.3 is 10.4 Å². The molecule has 2 heteroatoms. The van der Waals surface area contributed by atoms with E-state index in [1.54, 1.807) is 0 Å². The highest BCUT2D eigenvalue weighted by molar-refractivity contribution is 4.56. The fourth-order valence-electron chi connectivity index (χ4n) is 1.63. The number of hydrogen-bond acceptors (Lipinski definition) is 2. The summed E-state index contributed by atoms with van der Waals surface area (Å²) in [7, 11) is 0. The van der Waals surface area contributed by atoms with E-state index in [1.807, 2.05) is 6.92 Å². The van der Waals surface area contributed by atoms with Gasteiger partial charge in [0, 0.05) is 0 Å². The molecule has 0 radical (unpaired) electrons. The van der Waals surface area contributed by atoms with Gasteiger partial charge in [-0.25, -0.2) is 0 Å². The predicted octanol–water partition coefficient (Wildman–Crippen LogP) is 3.10. The van der Waals surface area contributed by atoms with Gasteiger partial charge in [0.25, 0.3) is 0 Å². The van der Waals surface area contributed by atoms with E-state index in [4.69, 9.17) is 0 Å². The SMILES string of the molecule is CCCCCCCCNCCC(O)CC. The second-order valence-corrected chi connectivity index (χ2v) is 4.37. The van der Waals surface area contributed by atoms with Crippen molar-refractivity contribution in [3.8, 4) is 0 Å². The molecule has 0 aromatic carbocycles. The Morgan fingerprint density at radius 2 is 1.60 bits per heavy atom. The van der Waals surface area contributed by atoms with Gasteiger partial charge in [0.2, 0.25) is 0 Å². The summed E-state index contributed by atoms with van der Waals surface area (Å²) in [5.74, 6) is 0. The van der Waals surface area contributed by atoms with Gasteiger partial charge in [-0.15, -0.1) is 0 Å².